The van der Waals surface area contributed by atoms with Crippen molar-refractivity contribution in [2.75, 3.05) is 13.2 Å². The molecule has 0 saturated carbocycles. The highest BCUT2D eigenvalue weighted by atomic mass is 16.5. The molecule has 1 saturated heterocycles. The molecule has 1 aliphatic rings. The van der Waals surface area contributed by atoms with Gasteiger partial charge in [0.1, 0.15) is 6.61 Å². The average Bonchev–Trinajstić information content (AvgIpc) is 2.69. The van der Waals surface area contributed by atoms with Gasteiger partial charge in [-0.3, -0.25) is 14.6 Å². The van der Waals surface area contributed by atoms with Crippen molar-refractivity contribution < 1.29 is 14.3 Å². The van der Waals surface area contributed by atoms with E-state index in [4.69, 9.17) is 4.74 Å². The Kier molecular flexibility index (Phi) is 6.19. The quantitative estimate of drug-likeness (QED) is 0.851. The van der Waals surface area contributed by atoms with E-state index in [1.54, 1.807) is 18.5 Å². The van der Waals surface area contributed by atoms with E-state index in [-0.39, 0.29) is 18.4 Å². The van der Waals surface area contributed by atoms with Gasteiger partial charge in [0.2, 0.25) is 5.91 Å². The Morgan fingerprint density at radius 3 is 2.81 bits per heavy atom. The van der Waals surface area contributed by atoms with Crippen LogP contribution in [0.15, 0.2) is 48.8 Å². The summed E-state index contributed by atoms with van der Waals surface area (Å²) in [5.74, 6) is -0.345. The molecule has 0 unspecified atom stereocenters. The standard InChI is InChI=1S/C21H25N3O3/c1-3-11-24(13-17-8-5-4-7-15(17)2)21(26)20-19(23-18(25)14-27-20)16-9-6-10-22-12-16/h4-10,12,19-20H,3,11,13-14H2,1-2H3,(H,23,25)/t19-,20+/m1/s1. The van der Waals surface area contributed by atoms with Gasteiger partial charge in [0.25, 0.3) is 5.91 Å². The van der Waals surface area contributed by atoms with E-state index in [1.807, 2.05) is 49.1 Å². The Labute approximate surface area is 159 Å². The Morgan fingerprint density at radius 2 is 2.11 bits per heavy atom. The summed E-state index contributed by atoms with van der Waals surface area (Å²) in [5.41, 5.74) is 3.02. The molecule has 2 aromatic rings. The van der Waals surface area contributed by atoms with Crippen LogP contribution < -0.4 is 5.32 Å². The van der Waals surface area contributed by atoms with Crippen LogP contribution in [0.2, 0.25) is 0 Å². The second-order valence-electron chi connectivity index (χ2n) is 6.75. The fourth-order valence-corrected chi connectivity index (χ4v) is 3.29. The number of benzene rings is 1. The minimum absolute atomic E-state index is 0.114. The summed E-state index contributed by atoms with van der Waals surface area (Å²) in [6.07, 6.45) is 3.40. The second-order valence-corrected chi connectivity index (χ2v) is 6.75. The topological polar surface area (TPSA) is 71.5 Å². The van der Waals surface area contributed by atoms with E-state index >= 15 is 0 Å². The monoisotopic (exact) mass is 367 g/mol. The molecule has 3 rings (SSSR count). The number of amides is 2. The molecule has 142 valence electrons. The normalized spacial score (nSPS) is 19.4. The molecule has 1 fully saturated rings. The molecular formula is C21H25N3O3. The molecule has 2 atom stereocenters. The summed E-state index contributed by atoms with van der Waals surface area (Å²) in [6, 6.07) is 11.1. The average molecular weight is 367 g/mol. The summed E-state index contributed by atoms with van der Waals surface area (Å²) >= 11 is 0. The highest BCUT2D eigenvalue weighted by Gasteiger charge is 2.38. The number of carbonyl (C=O) groups is 2. The first-order chi connectivity index (χ1) is 13.1. The summed E-state index contributed by atoms with van der Waals surface area (Å²) < 4.78 is 5.68. The van der Waals surface area contributed by atoms with Crippen molar-refractivity contribution in [3.63, 3.8) is 0 Å². The first kappa shape index (κ1) is 19.0. The third-order valence-corrected chi connectivity index (χ3v) is 4.73. The van der Waals surface area contributed by atoms with Gasteiger partial charge in [-0.15, -0.1) is 0 Å². The minimum atomic E-state index is -0.762. The fourth-order valence-electron chi connectivity index (χ4n) is 3.29. The maximum absolute atomic E-state index is 13.3. The lowest BCUT2D eigenvalue weighted by Crippen LogP contribution is -2.53. The summed E-state index contributed by atoms with van der Waals surface area (Å²) in [5, 5.41) is 2.88. The molecule has 1 aliphatic heterocycles. The van der Waals surface area contributed by atoms with Crippen LogP contribution in [-0.4, -0.2) is 41.0 Å². The summed E-state index contributed by atoms with van der Waals surface area (Å²) in [4.78, 5) is 31.1. The van der Waals surface area contributed by atoms with Crippen LogP contribution in [0.3, 0.4) is 0 Å². The van der Waals surface area contributed by atoms with Crippen molar-refractivity contribution in [2.24, 2.45) is 0 Å². The molecule has 6 heteroatoms. The van der Waals surface area contributed by atoms with Gasteiger partial charge in [-0.2, -0.15) is 0 Å². The van der Waals surface area contributed by atoms with E-state index in [9.17, 15) is 9.59 Å². The van der Waals surface area contributed by atoms with Crippen LogP contribution in [0.1, 0.15) is 36.1 Å². The maximum atomic E-state index is 13.3. The lowest BCUT2D eigenvalue weighted by molar-refractivity contribution is -0.155. The van der Waals surface area contributed by atoms with Crippen molar-refractivity contribution in [1.82, 2.24) is 15.2 Å². The Hall–Kier alpha value is -2.73. The van der Waals surface area contributed by atoms with Crippen LogP contribution in [0.5, 0.6) is 0 Å². The molecule has 6 nitrogen and oxygen atoms in total. The van der Waals surface area contributed by atoms with Crippen molar-refractivity contribution in [2.45, 2.75) is 39.0 Å². The number of pyridine rings is 1. The lowest BCUT2D eigenvalue weighted by Gasteiger charge is -2.35. The van der Waals surface area contributed by atoms with Crippen molar-refractivity contribution >= 4 is 11.8 Å². The number of nitrogens with one attached hydrogen (secondary N) is 1. The zero-order valence-electron chi connectivity index (χ0n) is 15.7. The molecule has 2 heterocycles. The highest BCUT2D eigenvalue weighted by Crippen LogP contribution is 2.24. The largest absolute Gasteiger partial charge is 0.356 e. The smallest absolute Gasteiger partial charge is 0.254 e. The minimum Gasteiger partial charge on any atom is -0.356 e. The molecule has 1 aromatic carbocycles. The number of morpholine rings is 1. The van der Waals surface area contributed by atoms with E-state index in [0.29, 0.717) is 13.1 Å². The van der Waals surface area contributed by atoms with Crippen LogP contribution in [-0.2, 0) is 20.9 Å². The van der Waals surface area contributed by atoms with Gasteiger partial charge in [-0.1, -0.05) is 37.3 Å². The zero-order chi connectivity index (χ0) is 19.2. The molecule has 0 bridgehead atoms. The number of hydrogen-bond donors (Lipinski definition) is 1. The summed E-state index contributed by atoms with van der Waals surface area (Å²) in [7, 11) is 0. The maximum Gasteiger partial charge on any atom is 0.254 e. The lowest BCUT2D eigenvalue weighted by atomic mass is 9.99. The van der Waals surface area contributed by atoms with E-state index < -0.39 is 12.1 Å². The van der Waals surface area contributed by atoms with Crippen LogP contribution in [0.25, 0.3) is 0 Å². The first-order valence-corrected chi connectivity index (χ1v) is 9.24. The third-order valence-electron chi connectivity index (χ3n) is 4.73. The van der Waals surface area contributed by atoms with Gasteiger partial charge >= 0.3 is 0 Å². The molecule has 27 heavy (non-hydrogen) atoms. The number of rotatable bonds is 6. The number of aryl methyl sites for hydroxylation is 1. The second kappa shape index (κ2) is 8.77. The molecule has 2 amide bonds. The van der Waals surface area contributed by atoms with Gasteiger partial charge in [0.15, 0.2) is 6.10 Å². The molecule has 0 radical (unpaired) electrons. The number of aromatic nitrogens is 1. The van der Waals surface area contributed by atoms with Crippen LogP contribution in [0, 0.1) is 6.92 Å². The van der Waals surface area contributed by atoms with Crippen LogP contribution in [0.4, 0.5) is 0 Å². The number of ether oxygens (including phenoxy) is 1. The number of nitrogens with zero attached hydrogens (tertiary/aromatic N) is 2. The predicted octanol–water partition coefficient (Wildman–Crippen LogP) is 2.38. The molecule has 1 N–H and O–H groups in total. The summed E-state index contributed by atoms with van der Waals surface area (Å²) in [6.45, 7) is 5.12. The van der Waals surface area contributed by atoms with Gasteiger partial charge in [0, 0.05) is 25.5 Å². The third kappa shape index (κ3) is 4.52. The van der Waals surface area contributed by atoms with E-state index in [1.165, 1.54) is 0 Å². The molecule has 0 aliphatic carbocycles. The SMILES string of the molecule is CCCN(Cc1ccccc1C)C(=O)[C@H]1OCC(=O)N[C@@H]1c1cccnc1. The Morgan fingerprint density at radius 1 is 1.30 bits per heavy atom. The number of carbonyl (C=O) groups excluding carboxylic acids is 2. The van der Waals surface area contributed by atoms with E-state index in [2.05, 4.69) is 10.3 Å². The van der Waals surface area contributed by atoms with Crippen molar-refractivity contribution in [3.8, 4) is 0 Å². The Bertz CT molecular complexity index is 794. The predicted molar refractivity (Wildman–Crippen MR) is 102 cm³/mol. The van der Waals surface area contributed by atoms with Crippen molar-refractivity contribution in [3.05, 3.63) is 65.5 Å². The molecular weight excluding hydrogens is 342 g/mol. The van der Waals surface area contributed by atoms with E-state index in [0.717, 1.165) is 23.1 Å². The van der Waals surface area contributed by atoms with Crippen molar-refractivity contribution in [1.29, 1.82) is 0 Å². The van der Waals surface area contributed by atoms with Gasteiger partial charge in [-0.05, 0) is 36.1 Å². The Balaban J connectivity index is 1.84. The zero-order valence-corrected chi connectivity index (χ0v) is 15.7. The molecule has 0 spiro atoms. The first-order valence-electron chi connectivity index (χ1n) is 9.24. The van der Waals surface area contributed by atoms with Gasteiger partial charge in [-0.25, -0.2) is 0 Å². The molecule has 1 aromatic heterocycles. The van der Waals surface area contributed by atoms with Crippen LogP contribution >= 0.6 is 0 Å². The highest BCUT2D eigenvalue weighted by molar-refractivity contribution is 5.86. The van der Waals surface area contributed by atoms with Gasteiger partial charge in [0.05, 0.1) is 6.04 Å². The van der Waals surface area contributed by atoms with Gasteiger partial charge < -0.3 is 15.0 Å². The number of hydrogen-bond acceptors (Lipinski definition) is 4. The fraction of sp³-hybridized carbons (Fsp3) is 0.381.